The molecule has 13 heavy (non-hydrogen) atoms. The molecule has 0 radical (unpaired) electrons. The molecule has 3 nitrogen and oxygen atoms in total. The van der Waals surface area contributed by atoms with E-state index in [1.165, 1.54) is 5.69 Å². The summed E-state index contributed by atoms with van der Waals surface area (Å²) in [6, 6.07) is 8.04. The molecule has 1 aromatic carbocycles. The van der Waals surface area contributed by atoms with Crippen LogP contribution in [0.1, 0.15) is 6.42 Å². The van der Waals surface area contributed by atoms with Crippen molar-refractivity contribution in [2.45, 2.75) is 12.5 Å². The Morgan fingerprint density at radius 3 is 3.00 bits per heavy atom. The molecule has 2 aliphatic heterocycles. The van der Waals surface area contributed by atoms with Crippen molar-refractivity contribution >= 4 is 17.3 Å². The normalized spacial score (nSPS) is 24.2. The first-order valence-corrected chi connectivity index (χ1v) is 4.53. The number of hydrogen-bond donors (Lipinski definition) is 1. The van der Waals surface area contributed by atoms with Crippen LogP contribution in [0, 0.1) is 0 Å². The Labute approximate surface area is 76.4 Å². The van der Waals surface area contributed by atoms with Gasteiger partial charge < -0.3 is 10.2 Å². The van der Waals surface area contributed by atoms with E-state index in [0.29, 0.717) is 0 Å². The van der Waals surface area contributed by atoms with Crippen molar-refractivity contribution < 1.29 is 4.79 Å². The van der Waals surface area contributed by atoms with Gasteiger partial charge in [0, 0.05) is 6.54 Å². The van der Waals surface area contributed by atoms with Crippen LogP contribution in [-0.2, 0) is 4.79 Å². The van der Waals surface area contributed by atoms with Gasteiger partial charge in [-0.2, -0.15) is 0 Å². The van der Waals surface area contributed by atoms with Gasteiger partial charge in [0.25, 0.3) is 0 Å². The number of nitrogens with one attached hydrogen (secondary N) is 1. The lowest BCUT2D eigenvalue weighted by atomic mass is 9.97. The number of rotatable bonds is 0. The molecule has 3 rings (SSSR count). The second-order valence-corrected chi connectivity index (χ2v) is 3.50. The Balaban J connectivity index is 2.12. The van der Waals surface area contributed by atoms with Crippen LogP contribution in [0.2, 0.25) is 0 Å². The van der Waals surface area contributed by atoms with Gasteiger partial charge in [-0.3, -0.25) is 4.79 Å². The van der Waals surface area contributed by atoms with E-state index < -0.39 is 0 Å². The predicted octanol–water partition coefficient (Wildman–Crippen LogP) is 1.22. The van der Waals surface area contributed by atoms with Crippen molar-refractivity contribution in [3.05, 3.63) is 24.3 Å². The summed E-state index contributed by atoms with van der Waals surface area (Å²) in [5.74, 6) is 0.143. The average Bonchev–Trinajstić information content (AvgIpc) is 2.04. The van der Waals surface area contributed by atoms with Gasteiger partial charge in [-0.25, -0.2) is 0 Å². The molecule has 0 aromatic heterocycles. The van der Waals surface area contributed by atoms with Crippen molar-refractivity contribution in [3.8, 4) is 0 Å². The average molecular weight is 174 g/mol. The molecule has 0 aliphatic carbocycles. The van der Waals surface area contributed by atoms with Crippen LogP contribution in [-0.4, -0.2) is 18.5 Å². The molecular weight excluding hydrogens is 164 g/mol. The van der Waals surface area contributed by atoms with Crippen molar-refractivity contribution in [2.24, 2.45) is 0 Å². The molecule has 1 saturated heterocycles. The zero-order valence-electron chi connectivity index (χ0n) is 7.16. The lowest BCUT2D eigenvalue weighted by Gasteiger charge is -2.45. The van der Waals surface area contributed by atoms with Gasteiger partial charge >= 0.3 is 0 Å². The Morgan fingerprint density at radius 2 is 2.23 bits per heavy atom. The Kier molecular flexibility index (Phi) is 1.20. The minimum absolute atomic E-state index is 0.0925. The van der Waals surface area contributed by atoms with Crippen LogP contribution in [0.5, 0.6) is 0 Å². The topological polar surface area (TPSA) is 32.3 Å². The first-order chi connectivity index (χ1) is 6.36. The highest BCUT2D eigenvalue weighted by Gasteiger charge is 2.38. The first-order valence-electron chi connectivity index (χ1n) is 4.53. The summed E-state index contributed by atoms with van der Waals surface area (Å²) < 4.78 is 0. The number of benzene rings is 1. The lowest BCUT2D eigenvalue weighted by Crippen LogP contribution is -2.57. The maximum absolute atomic E-state index is 11.5. The fraction of sp³-hybridized carbons (Fsp3) is 0.300. The fourth-order valence-corrected chi connectivity index (χ4v) is 1.99. The SMILES string of the molecule is O=C1Nc2ccccc2N2CC[C@H]12. The highest BCUT2D eigenvalue weighted by atomic mass is 16.2. The van der Waals surface area contributed by atoms with Crippen LogP contribution in [0.4, 0.5) is 11.4 Å². The van der Waals surface area contributed by atoms with Crippen LogP contribution < -0.4 is 10.2 Å². The standard InChI is InChI=1S/C10H10N2O/c13-10-9-5-6-12(9)8-4-2-1-3-7(8)11-10/h1-4,9H,5-6H2,(H,11,13)/t9-/m1/s1. The maximum atomic E-state index is 11.5. The summed E-state index contributed by atoms with van der Waals surface area (Å²) in [4.78, 5) is 13.6. The van der Waals surface area contributed by atoms with Crippen molar-refractivity contribution in [3.63, 3.8) is 0 Å². The van der Waals surface area contributed by atoms with Gasteiger partial charge in [0.15, 0.2) is 0 Å². The first kappa shape index (κ1) is 6.95. The molecule has 0 unspecified atom stereocenters. The highest BCUT2D eigenvalue weighted by Crippen LogP contribution is 2.36. The third-order valence-corrected chi connectivity index (χ3v) is 2.79. The van der Waals surface area contributed by atoms with E-state index in [-0.39, 0.29) is 11.9 Å². The van der Waals surface area contributed by atoms with Crippen molar-refractivity contribution in [1.29, 1.82) is 0 Å². The van der Waals surface area contributed by atoms with Gasteiger partial charge in [0.2, 0.25) is 5.91 Å². The number of carbonyl (C=O) groups excluding carboxylic acids is 1. The molecule has 66 valence electrons. The van der Waals surface area contributed by atoms with E-state index in [9.17, 15) is 4.79 Å². The van der Waals surface area contributed by atoms with Crippen molar-refractivity contribution in [2.75, 3.05) is 16.8 Å². The third kappa shape index (κ3) is 0.813. The Hall–Kier alpha value is -1.51. The molecule has 0 bridgehead atoms. The molecule has 3 heteroatoms. The van der Waals surface area contributed by atoms with Crippen LogP contribution in [0.3, 0.4) is 0 Å². The van der Waals surface area contributed by atoms with Gasteiger partial charge in [-0.15, -0.1) is 0 Å². The summed E-state index contributed by atoms with van der Waals surface area (Å²) in [6.07, 6.45) is 0.986. The molecule has 1 atom stereocenters. The molecule has 0 spiro atoms. The molecule has 2 aliphatic rings. The summed E-state index contributed by atoms with van der Waals surface area (Å²) in [7, 11) is 0. The van der Waals surface area contributed by atoms with Gasteiger partial charge in [0.05, 0.1) is 11.4 Å². The fourth-order valence-electron chi connectivity index (χ4n) is 1.99. The lowest BCUT2D eigenvalue weighted by molar-refractivity contribution is -0.118. The Bertz CT molecular complexity index is 375. The smallest absolute Gasteiger partial charge is 0.247 e. The number of anilines is 2. The summed E-state index contributed by atoms with van der Waals surface area (Å²) in [5, 5.41) is 2.91. The van der Waals surface area contributed by atoms with Crippen molar-refractivity contribution in [1.82, 2.24) is 0 Å². The molecule has 2 heterocycles. The van der Waals surface area contributed by atoms with Crippen LogP contribution in [0.25, 0.3) is 0 Å². The third-order valence-electron chi connectivity index (χ3n) is 2.79. The van der Waals surface area contributed by atoms with E-state index >= 15 is 0 Å². The minimum Gasteiger partial charge on any atom is -0.358 e. The number of amides is 1. The van der Waals surface area contributed by atoms with Gasteiger partial charge in [-0.05, 0) is 18.6 Å². The summed E-state index contributed by atoms with van der Waals surface area (Å²) in [5.41, 5.74) is 2.11. The predicted molar refractivity (Wildman–Crippen MR) is 50.8 cm³/mol. The summed E-state index contributed by atoms with van der Waals surface area (Å²) in [6.45, 7) is 1.01. The molecular formula is C10H10N2O. The minimum atomic E-state index is 0.0925. The van der Waals surface area contributed by atoms with Crippen LogP contribution in [0.15, 0.2) is 24.3 Å². The van der Waals surface area contributed by atoms with E-state index in [0.717, 1.165) is 18.7 Å². The van der Waals surface area contributed by atoms with E-state index in [2.05, 4.69) is 16.3 Å². The van der Waals surface area contributed by atoms with Gasteiger partial charge in [0.1, 0.15) is 6.04 Å². The maximum Gasteiger partial charge on any atom is 0.247 e. The number of nitrogens with zero attached hydrogens (tertiary/aromatic N) is 1. The largest absolute Gasteiger partial charge is 0.358 e. The van der Waals surface area contributed by atoms with E-state index in [4.69, 9.17) is 0 Å². The molecule has 1 amide bonds. The highest BCUT2D eigenvalue weighted by molar-refractivity contribution is 6.04. The number of hydrogen-bond acceptors (Lipinski definition) is 2. The van der Waals surface area contributed by atoms with Crippen LogP contribution >= 0.6 is 0 Å². The second-order valence-electron chi connectivity index (χ2n) is 3.50. The Morgan fingerprint density at radius 1 is 1.38 bits per heavy atom. The zero-order valence-corrected chi connectivity index (χ0v) is 7.16. The van der Waals surface area contributed by atoms with Gasteiger partial charge in [-0.1, -0.05) is 12.1 Å². The van der Waals surface area contributed by atoms with E-state index in [1.807, 2.05) is 18.2 Å². The monoisotopic (exact) mass is 174 g/mol. The van der Waals surface area contributed by atoms with E-state index in [1.54, 1.807) is 0 Å². The quantitative estimate of drug-likeness (QED) is 0.641. The zero-order chi connectivity index (χ0) is 8.84. The molecule has 1 N–H and O–H groups in total. The molecule has 1 aromatic rings. The number of carbonyl (C=O) groups is 1. The molecule has 1 fully saturated rings. The molecule has 0 saturated carbocycles. The number of para-hydroxylation sites is 2. The summed E-state index contributed by atoms with van der Waals surface area (Å²) >= 11 is 0. The second kappa shape index (κ2) is 2.25. The number of fused-ring (bicyclic) bond motifs is 3.